The molecule has 2 N–H and O–H groups in total. The molecule has 6 nitrogen and oxygen atoms in total. The second kappa shape index (κ2) is 4.87. The number of pyridine rings is 1. The molecule has 94 valence electrons. The number of nitrogens with zero attached hydrogens (tertiary/aromatic N) is 3. The lowest BCUT2D eigenvalue weighted by Gasteiger charge is -2.07. The van der Waals surface area contributed by atoms with Crippen LogP contribution in [0.15, 0.2) is 29.2 Å². The van der Waals surface area contributed by atoms with Crippen LogP contribution in [0.4, 0.5) is 5.69 Å². The third-order valence-electron chi connectivity index (χ3n) is 2.42. The van der Waals surface area contributed by atoms with Crippen molar-refractivity contribution < 1.29 is 4.74 Å². The summed E-state index contributed by atoms with van der Waals surface area (Å²) in [5, 5.41) is 3.96. The van der Waals surface area contributed by atoms with Crippen LogP contribution in [-0.2, 0) is 6.54 Å². The number of methoxy groups -OCH3 is 1. The van der Waals surface area contributed by atoms with E-state index in [1.165, 1.54) is 16.9 Å². The average Bonchev–Trinajstić information content (AvgIpc) is 2.32. The molecule has 0 radical (unpaired) electrons. The Morgan fingerprint density at radius 1 is 1.39 bits per heavy atom. The second-order valence-corrected chi connectivity index (χ2v) is 3.92. The normalized spacial score (nSPS) is 10.3. The van der Waals surface area contributed by atoms with Crippen molar-refractivity contribution in [3.63, 3.8) is 0 Å². The molecule has 0 unspecified atom stereocenters. The quantitative estimate of drug-likeness (QED) is 0.856. The van der Waals surface area contributed by atoms with Gasteiger partial charge < -0.3 is 10.5 Å². The first-order valence-electron chi connectivity index (χ1n) is 5.42. The van der Waals surface area contributed by atoms with Crippen LogP contribution in [0.3, 0.4) is 0 Å². The smallest absolute Gasteiger partial charge is 0.269 e. The van der Waals surface area contributed by atoms with Gasteiger partial charge in [-0.3, -0.25) is 9.78 Å². The maximum atomic E-state index is 11.6. The van der Waals surface area contributed by atoms with E-state index in [1.807, 2.05) is 13.0 Å². The summed E-state index contributed by atoms with van der Waals surface area (Å²) in [6.07, 6.45) is 1.44. The lowest BCUT2D eigenvalue weighted by atomic mass is 10.3. The van der Waals surface area contributed by atoms with E-state index < -0.39 is 0 Å². The lowest BCUT2D eigenvalue weighted by Crippen LogP contribution is -2.23. The summed E-state index contributed by atoms with van der Waals surface area (Å²) in [5.74, 6) is 0.709. The van der Waals surface area contributed by atoms with Crippen LogP contribution in [0, 0.1) is 6.92 Å². The Morgan fingerprint density at radius 2 is 2.17 bits per heavy atom. The van der Waals surface area contributed by atoms with Crippen LogP contribution in [-0.4, -0.2) is 21.9 Å². The third-order valence-corrected chi connectivity index (χ3v) is 2.42. The summed E-state index contributed by atoms with van der Waals surface area (Å²) in [7, 11) is 1.59. The molecule has 0 atom stereocenters. The molecule has 6 heteroatoms. The zero-order chi connectivity index (χ0) is 13.1. The van der Waals surface area contributed by atoms with Crippen LogP contribution in [0.25, 0.3) is 0 Å². The highest BCUT2D eigenvalue weighted by Gasteiger charge is 2.04. The number of aryl methyl sites for hydroxylation is 1. The van der Waals surface area contributed by atoms with E-state index in [9.17, 15) is 4.79 Å². The lowest BCUT2D eigenvalue weighted by molar-refractivity contribution is 0.412. The number of hydrogen-bond acceptors (Lipinski definition) is 5. The second-order valence-electron chi connectivity index (χ2n) is 3.92. The molecule has 0 aliphatic rings. The van der Waals surface area contributed by atoms with Gasteiger partial charge in [-0.05, 0) is 6.92 Å². The molecule has 0 bridgehead atoms. The molecule has 0 saturated heterocycles. The first kappa shape index (κ1) is 12.1. The Labute approximate surface area is 104 Å². The van der Waals surface area contributed by atoms with E-state index in [4.69, 9.17) is 10.5 Å². The first-order valence-corrected chi connectivity index (χ1v) is 5.42. The van der Waals surface area contributed by atoms with Crippen molar-refractivity contribution in [1.82, 2.24) is 14.8 Å². The monoisotopic (exact) mass is 246 g/mol. The molecule has 0 aliphatic carbocycles. The molecule has 0 aromatic carbocycles. The van der Waals surface area contributed by atoms with Crippen molar-refractivity contribution in [3.05, 3.63) is 46.1 Å². The first-order chi connectivity index (χ1) is 8.58. The molecule has 0 saturated carbocycles. The Kier molecular flexibility index (Phi) is 3.27. The fourth-order valence-corrected chi connectivity index (χ4v) is 1.62. The SMILES string of the molecule is COc1cc(C)nc(Cn2ncc(N)cc2=O)c1. The fraction of sp³-hybridized carbons (Fsp3) is 0.250. The van der Waals surface area contributed by atoms with E-state index >= 15 is 0 Å². The van der Waals surface area contributed by atoms with E-state index in [1.54, 1.807) is 13.2 Å². The highest BCUT2D eigenvalue weighted by Crippen LogP contribution is 2.13. The maximum absolute atomic E-state index is 11.6. The number of rotatable bonds is 3. The van der Waals surface area contributed by atoms with Crippen molar-refractivity contribution in [2.45, 2.75) is 13.5 Å². The summed E-state index contributed by atoms with van der Waals surface area (Å²) in [6, 6.07) is 4.93. The van der Waals surface area contributed by atoms with E-state index in [2.05, 4.69) is 10.1 Å². The summed E-state index contributed by atoms with van der Waals surface area (Å²) < 4.78 is 6.46. The topological polar surface area (TPSA) is 83.0 Å². The predicted molar refractivity (Wildman–Crippen MR) is 67.5 cm³/mol. The standard InChI is InChI=1S/C12H14N4O2/c1-8-3-11(18-2)5-10(15-8)7-16-12(17)4-9(13)6-14-16/h3-6H,7,13H2,1-2H3. The molecule has 2 aromatic rings. The summed E-state index contributed by atoms with van der Waals surface area (Å²) in [4.78, 5) is 16.0. The Morgan fingerprint density at radius 3 is 2.83 bits per heavy atom. The van der Waals surface area contributed by atoms with E-state index in [0.29, 0.717) is 17.1 Å². The van der Waals surface area contributed by atoms with Gasteiger partial charge in [-0.15, -0.1) is 0 Å². The van der Waals surface area contributed by atoms with Gasteiger partial charge in [0, 0.05) is 23.9 Å². The molecule has 0 aliphatic heterocycles. The molecule has 0 fully saturated rings. The van der Waals surface area contributed by atoms with Gasteiger partial charge in [-0.1, -0.05) is 0 Å². The van der Waals surface area contributed by atoms with Crippen molar-refractivity contribution >= 4 is 5.69 Å². The minimum atomic E-state index is -0.253. The Hall–Kier alpha value is -2.37. The number of nitrogens with two attached hydrogens (primary N) is 1. The molecular weight excluding hydrogens is 232 g/mol. The number of anilines is 1. The van der Waals surface area contributed by atoms with Crippen molar-refractivity contribution in [2.75, 3.05) is 12.8 Å². The van der Waals surface area contributed by atoms with Gasteiger partial charge in [0.15, 0.2) is 0 Å². The van der Waals surface area contributed by atoms with Crippen LogP contribution < -0.4 is 16.0 Å². The summed E-state index contributed by atoms with van der Waals surface area (Å²) >= 11 is 0. The number of nitrogen functional groups attached to an aromatic ring is 1. The van der Waals surface area contributed by atoms with Crippen LogP contribution in [0.2, 0.25) is 0 Å². The van der Waals surface area contributed by atoms with Gasteiger partial charge in [-0.2, -0.15) is 5.10 Å². The Balaban J connectivity index is 2.33. The van der Waals surface area contributed by atoms with Crippen molar-refractivity contribution in [2.24, 2.45) is 0 Å². The third kappa shape index (κ3) is 2.65. The number of aromatic nitrogens is 3. The molecule has 2 rings (SSSR count). The van der Waals surface area contributed by atoms with Crippen LogP contribution in [0.5, 0.6) is 5.75 Å². The van der Waals surface area contributed by atoms with Gasteiger partial charge in [0.1, 0.15) is 5.75 Å². The van der Waals surface area contributed by atoms with Crippen LogP contribution in [0.1, 0.15) is 11.4 Å². The minimum absolute atomic E-state index is 0.253. The van der Waals surface area contributed by atoms with Gasteiger partial charge in [0.25, 0.3) is 5.56 Å². The summed E-state index contributed by atoms with van der Waals surface area (Å²) in [6.45, 7) is 2.16. The highest BCUT2D eigenvalue weighted by atomic mass is 16.5. The zero-order valence-electron chi connectivity index (χ0n) is 10.3. The molecule has 18 heavy (non-hydrogen) atoms. The molecule has 0 amide bonds. The van der Waals surface area contributed by atoms with E-state index in [0.717, 1.165) is 5.69 Å². The number of ether oxygens (including phenoxy) is 1. The average molecular weight is 246 g/mol. The Bertz CT molecular complexity index is 622. The highest BCUT2D eigenvalue weighted by molar-refractivity contribution is 5.31. The van der Waals surface area contributed by atoms with Gasteiger partial charge in [0.05, 0.1) is 31.2 Å². The summed E-state index contributed by atoms with van der Waals surface area (Å²) in [5.41, 5.74) is 7.12. The van der Waals surface area contributed by atoms with Gasteiger partial charge >= 0.3 is 0 Å². The van der Waals surface area contributed by atoms with Crippen LogP contribution >= 0.6 is 0 Å². The molecule has 2 aromatic heterocycles. The molecular formula is C12H14N4O2. The number of hydrogen-bond donors (Lipinski definition) is 1. The van der Waals surface area contributed by atoms with Crippen molar-refractivity contribution in [3.8, 4) is 5.75 Å². The van der Waals surface area contributed by atoms with Gasteiger partial charge in [0.2, 0.25) is 0 Å². The molecule has 0 spiro atoms. The zero-order valence-corrected chi connectivity index (χ0v) is 10.3. The van der Waals surface area contributed by atoms with Crippen molar-refractivity contribution in [1.29, 1.82) is 0 Å². The predicted octanol–water partition coefficient (Wildman–Crippen LogP) is 0.586. The fourth-order valence-electron chi connectivity index (χ4n) is 1.62. The largest absolute Gasteiger partial charge is 0.497 e. The van der Waals surface area contributed by atoms with E-state index in [-0.39, 0.29) is 12.1 Å². The minimum Gasteiger partial charge on any atom is -0.497 e. The maximum Gasteiger partial charge on any atom is 0.269 e. The van der Waals surface area contributed by atoms with Gasteiger partial charge in [-0.25, -0.2) is 4.68 Å². The molecule has 2 heterocycles.